The monoisotopic (exact) mass is 234 g/mol. The Kier molecular flexibility index (Phi) is 2.99. The van der Waals surface area contributed by atoms with E-state index >= 15 is 0 Å². The van der Waals surface area contributed by atoms with Crippen LogP contribution in [0, 0.1) is 6.92 Å². The van der Waals surface area contributed by atoms with Gasteiger partial charge in [-0.15, -0.1) is 0 Å². The second-order valence-corrected chi connectivity index (χ2v) is 3.35. The fourth-order valence-electron chi connectivity index (χ4n) is 1.26. The molecule has 0 saturated heterocycles. The lowest BCUT2D eigenvalue weighted by molar-refractivity contribution is 0.0949. The summed E-state index contributed by atoms with van der Waals surface area (Å²) in [7, 11) is 0. The van der Waals surface area contributed by atoms with E-state index in [1.165, 1.54) is 18.3 Å². The van der Waals surface area contributed by atoms with Gasteiger partial charge in [-0.3, -0.25) is 9.59 Å². The number of hydrogen-bond acceptors (Lipinski definition) is 5. The van der Waals surface area contributed by atoms with E-state index in [1.54, 1.807) is 6.92 Å². The maximum absolute atomic E-state index is 11.6. The second-order valence-electron chi connectivity index (χ2n) is 3.35. The molecule has 2 aromatic heterocycles. The van der Waals surface area contributed by atoms with Gasteiger partial charge < -0.3 is 14.8 Å². The fraction of sp³-hybridized carbons (Fsp3) is 0.200. The molecule has 2 N–H and O–H groups in total. The van der Waals surface area contributed by atoms with Crippen molar-refractivity contribution in [3.05, 3.63) is 46.0 Å². The average Bonchev–Trinajstić information content (AvgIpc) is 2.72. The Morgan fingerprint density at radius 3 is 3.06 bits per heavy atom. The van der Waals surface area contributed by atoms with Gasteiger partial charge in [0.2, 0.25) is 11.4 Å². The molecule has 17 heavy (non-hydrogen) atoms. The number of carbonyl (C=O) groups is 1. The molecular formula is C10H10N4O3. The Labute approximate surface area is 95.9 Å². The number of aromatic nitrogens is 3. The van der Waals surface area contributed by atoms with Crippen molar-refractivity contribution in [1.82, 2.24) is 20.4 Å². The van der Waals surface area contributed by atoms with Crippen molar-refractivity contribution in [2.75, 3.05) is 0 Å². The van der Waals surface area contributed by atoms with Crippen LogP contribution in [-0.2, 0) is 6.54 Å². The molecule has 0 unspecified atom stereocenters. The average molecular weight is 234 g/mol. The molecule has 88 valence electrons. The van der Waals surface area contributed by atoms with E-state index < -0.39 is 0 Å². The molecule has 2 aromatic rings. The van der Waals surface area contributed by atoms with Crippen molar-refractivity contribution < 1.29 is 9.32 Å². The van der Waals surface area contributed by atoms with Crippen LogP contribution in [0.15, 0.2) is 27.6 Å². The number of aryl methyl sites for hydroxylation is 1. The SMILES string of the molecule is Cc1nc(CNC(=O)c2cc[nH]c(=O)c2)no1. The Bertz CT molecular complexity index is 587. The topological polar surface area (TPSA) is 101 Å². The van der Waals surface area contributed by atoms with Gasteiger partial charge in [0.1, 0.15) is 0 Å². The van der Waals surface area contributed by atoms with Gasteiger partial charge in [0.25, 0.3) is 5.91 Å². The third kappa shape index (κ3) is 2.77. The lowest BCUT2D eigenvalue weighted by Crippen LogP contribution is -2.24. The van der Waals surface area contributed by atoms with Crippen molar-refractivity contribution in [3.8, 4) is 0 Å². The zero-order chi connectivity index (χ0) is 12.3. The van der Waals surface area contributed by atoms with E-state index in [-0.39, 0.29) is 23.6 Å². The predicted molar refractivity (Wildman–Crippen MR) is 57.3 cm³/mol. The molecule has 0 bridgehead atoms. The lowest BCUT2D eigenvalue weighted by Gasteiger charge is -2.00. The molecule has 2 rings (SSSR count). The van der Waals surface area contributed by atoms with Crippen molar-refractivity contribution in [2.24, 2.45) is 0 Å². The van der Waals surface area contributed by atoms with Crippen molar-refractivity contribution in [3.63, 3.8) is 0 Å². The smallest absolute Gasteiger partial charge is 0.251 e. The van der Waals surface area contributed by atoms with Crippen LogP contribution < -0.4 is 10.9 Å². The molecule has 0 aliphatic heterocycles. The van der Waals surface area contributed by atoms with Gasteiger partial charge in [-0.1, -0.05) is 5.16 Å². The van der Waals surface area contributed by atoms with Crippen molar-refractivity contribution >= 4 is 5.91 Å². The summed E-state index contributed by atoms with van der Waals surface area (Å²) in [6, 6.07) is 2.73. The quantitative estimate of drug-likeness (QED) is 0.778. The first-order valence-electron chi connectivity index (χ1n) is 4.91. The zero-order valence-electron chi connectivity index (χ0n) is 9.06. The van der Waals surface area contributed by atoms with Crippen LogP contribution in [0.1, 0.15) is 22.1 Å². The first-order valence-corrected chi connectivity index (χ1v) is 4.91. The minimum atomic E-state index is -0.362. The Morgan fingerprint density at radius 1 is 1.59 bits per heavy atom. The number of amides is 1. The number of carbonyl (C=O) groups excluding carboxylic acids is 1. The van der Waals surface area contributed by atoms with Crippen molar-refractivity contribution in [2.45, 2.75) is 13.5 Å². The van der Waals surface area contributed by atoms with Gasteiger partial charge >= 0.3 is 0 Å². The number of rotatable bonds is 3. The first kappa shape index (κ1) is 11.1. The van der Waals surface area contributed by atoms with Crippen LogP contribution in [0.5, 0.6) is 0 Å². The van der Waals surface area contributed by atoms with E-state index in [4.69, 9.17) is 4.52 Å². The summed E-state index contributed by atoms with van der Waals surface area (Å²) in [6.45, 7) is 1.82. The second kappa shape index (κ2) is 4.60. The Morgan fingerprint density at radius 2 is 2.41 bits per heavy atom. The van der Waals surface area contributed by atoms with E-state index in [1.807, 2.05) is 0 Å². The summed E-state index contributed by atoms with van der Waals surface area (Å²) >= 11 is 0. The van der Waals surface area contributed by atoms with Gasteiger partial charge in [-0.05, 0) is 6.07 Å². The maximum Gasteiger partial charge on any atom is 0.251 e. The highest BCUT2D eigenvalue weighted by Crippen LogP contribution is 1.96. The van der Waals surface area contributed by atoms with Crippen LogP contribution >= 0.6 is 0 Å². The number of H-pyrrole nitrogens is 1. The molecule has 0 aromatic carbocycles. The number of hydrogen-bond donors (Lipinski definition) is 2. The number of nitrogens with one attached hydrogen (secondary N) is 2. The molecule has 7 heteroatoms. The Balaban J connectivity index is 2.00. The molecular weight excluding hydrogens is 224 g/mol. The molecule has 0 atom stereocenters. The third-order valence-electron chi connectivity index (χ3n) is 2.01. The van der Waals surface area contributed by atoms with Gasteiger partial charge in [0, 0.05) is 24.8 Å². The van der Waals surface area contributed by atoms with Gasteiger partial charge in [-0.2, -0.15) is 4.98 Å². The normalized spacial score (nSPS) is 10.2. The summed E-state index contributed by atoms with van der Waals surface area (Å²) in [6.07, 6.45) is 1.41. The predicted octanol–water partition coefficient (Wildman–Crippen LogP) is -0.00368. The van der Waals surface area contributed by atoms with E-state index in [2.05, 4.69) is 20.4 Å². The standard InChI is InChI=1S/C10H10N4O3/c1-6-13-8(14-17-6)5-12-10(16)7-2-3-11-9(15)4-7/h2-4H,5H2,1H3,(H,11,15)(H,12,16). The fourth-order valence-corrected chi connectivity index (χ4v) is 1.26. The molecule has 0 fully saturated rings. The largest absolute Gasteiger partial charge is 0.345 e. The first-order chi connectivity index (χ1) is 8.15. The van der Waals surface area contributed by atoms with Crippen LogP contribution in [0.4, 0.5) is 0 Å². The summed E-state index contributed by atoms with van der Waals surface area (Å²) in [5, 5.41) is 6.21. The van der Waals surface area contributed by atoms with Crippen LogP contribution in [-0.4, -0.2) is 21.0 Å². The summed E-state index contributed by atoms with van der Waals surface area (Å²) in [4.78, 5) is 29.0. The van der Waals surface area contributed by atoms with Crippen molar-refractivity contribution in [1.29, 1.82) is 0 Å². The minimum Gasteiger partial charge on any atom is -0.345 e. The highest BCUT2D eigenvalue weighted by atomic mass is 16.5. The van der Waals surface area contributed by atoms with E-state index in [9.17, 15) is 9.59 Å². The number of pyridine rings is 1. The third-order valence-corrected chi connectivity index (χ3v) is 2.01. The van der Waals surface area contributed by atoms with E-state index in [0.29, 0.717) is 11.7 Å². The molecule has 0 radical (unpaired) electrons. The highest BCUT2D eigenvalue weighted by molar-refractivity contribution is 5.93. The van der Waals surface area contributed by atoms with Gasteiger partial charge in [0.15, 0.2) is 5.82 Å². The molecule has 0 aliphatic rings. The molecule has 7 nitrogen and oxygen atoms in total. The summed E-state index contributed by atoms with van der Waals surface area (Å²) < 4.78 is 4.75. The summed E-state index contributed by atoms with van der Waals surface area (Å²) in [5.74, 6) is 0.463. The van der Waals surface area contributed by atoms with E-state index in [0.717, 1.165) is 0 Å². The zero-order valence-corrected chi connectivity index (χ0v) is 9.06. The molecule has 0 saturated carbocycles. The Hall–Kier alpha value is -2.44. The molecule has 1 amide bonds. The number of nitrogens with zero attached hydrogens (tertiary/aromatic N) is 2. The summed E-state index contributed by atoms with van der Waals surface area (Å²) in [5.41, 5.74) is -0.0398. The molecule has 0 spiro atoms. The van der Waals surface area contributed by atoms with Crippen LogP contribution in [0.3, 0.4) is 0 Å². The lowest BCUT2D eigenvalue weighted by atomic mass is 10.2. The van der Waals surface area contributed by atoms with Gasteiger partial charge in [0.05, 0.1) is 6.54 Å². The molecule has 2 heterocycles. The highest BCUT2D eigenvalue weighted by Gasteiger charge is 2.07. The number of aromatic amines is 1. The van der Waals surface area contributed by atoms with Gasteiger partial charge in [-0.25, -0.2) is 0 Å². The van der Waals surface area contributed by atoms with Crippen LogP contribution in [0.2, 0.25) is 0 Å². The van der Waals surface area contributed by atoms with Crippen LogP contribution in [0.25, 0.3) is 0 Å². The minimum absolute atomic E-state index is 0.156. The maximum atomic E-state index is 11.6. The molecule has 0 aliphatic carbocycles.